The summed E-state index contributed by atoms with van der Waals surface area (Å²) >= 11 is 0. The van der Waals surface area contributed by atoms with Gasteiger partial charge in [0.15, 0.2) is 0 Å². The minimum Gasteiger partial charge on any atom is -0.548 e. The van der Waals surface area contributed by atoms with Gasteiger partial charge in [-0.25, -0.2) is 0 Å². The van der Waals surface area contributed by atoms with Gasteiger partial charge in [-0.2, -0.15) is 0 Å². The molecule has 1 aromatic heterocycles. The van der Waals surface area contributed by atoms with Crippen molar-refractivity contribution in [3.8, 4) is 5.75 Å². The van der Waals surface area contributed by atoms with Gasteiger partial charge in [0, 0.05) is 29.1 Å². The van der Waals surface area contributed by atoms with Crippen molar-refractivity contribution < 1.29 is 19.4 Å². The number of hydrogen-bond donors (Lipinski definition) is 2. The van der Waals surface area contributed by atoms with E-state index in [0.29, 0.717) is 23.8 Å². The number of aromatic nitrogens is 1. The predicted octanol–water partition coefficient (Wildman–Crippen LogP) is 2.29. The molecule has 0 saturated carbocycles. The van der Waals surface area contributed by atoms with Crippen molar-refractivity contribution in [1.82, 2.24) is 10.3 Å². The number of carbonyl (C=O) groups excluding carboxylic acids is 2. The van der Waals surface area contributed by atoms with Crippen LogP contribution in [0.5, 0.6) is 5.75 Å². The highest BCUT2D eigenvalue weighted by Gasteiger charge is 2.17. The molecule has 2 aromatic carbocycles. The van der Waals surface area contributed by atoms with E-state index in [1.807, 2.05) is 24.3 Å². The maximum atomic E-state index is 12.5. The third kappa shape index (κ3) is 4.71. The van der Waals surface area contributed by atoms with Gasteiger partial charge in [-0.15, -0.1) is 0 Å². The molecule has 0 unspecified atom stereocenters. The first-order chi connectivity index (χ1) is 13.4. The van der Waals surface area contributed by atoms with Gasteiger partial charge in [-0.05, 0) is 41.8 Å². The maximum Gasteiger partial charge on any atom is 0.251 e. The van der Waals surface area contributed by atoms with Crippen LogP contribution >= 0.6 is 0 Å². The molecular formula is C22H23N2O4-. The zero-order chi connectivity index (χ0) is 20.1. The molecule has 0 aliphatic rings. The van der Waals surface area contributed by atoms with E-state index in [1.165, 1.54) is 0 Å². The first-order valence-corrected chi connectivity index (χ1v) is 9.23. The minimum atomic E-state index is -1.32. The van der Waals surface area contributed by atoms with Crippen molar-refractivity contribution in [1.29, 1.82) is 0 Å². The highest BCUT2D eigenvalue weighted by Crippen LogP contribution is 2.19. The van der Waals surface area contributed by atoms with Gasteiger partial charge in [0.25, 0.3) is 5.91 Å². The summed E-state index contributed by atoms with van der Waals surface area (Å²) in [6, 6.07) is 13.1. The first kappa shape index (κ1) is 19.5. The zero-order valence-corrected chi connectivity index (χ0v) is 15.9. The fraction of sp³-hybridized carbons (Fsp3) is 0.273. The lowest BCUT2D eigenvalue weighted by Gasteiger charge is -2.19. The molecule has 0 aliphatic heterocycles. The number of carbonyl (C=O) groups is 2. The van der Waals surface area contributed by atoms with E-state index in [2.05, 4.69) is 24.1 Å². The molecule has 3 aromatic rings. The summed E-state index contributed by atoms with van der Waals surface area (Å²) in [5.74, 6) is -0.725. The molecule has 6 nitrogen and oxygen atoms in total. The fourth-order valence-corrected chi connectivity index (χ4v) is 2.92. The molecule has 0 fully saturated rings. The van der Waals surface area contributed by atoms with Crippen molar-refractivity contribution in [2.45, 2.75) is 26.3 Å². The van der Waals surface area contributed by atoms with Crippen LogP contribution in [0.25, 0.3) is 10.9 Å². The minimum absolute atomic E-state index is 0.133. The third-order valence-corrected chi connectivity index (χ3v) is 4.39. The Morgan fingerprint density at radius 2 is 1.82 bits per heavy atom. The van der Waals surface area contributed by atoms with Gasteiger partial charge in [0.1, 0.15) is 5.75 Å². The van der Waals surface area contributed by atoms with Crippen LogP contribution in [0.15, 0.2) is 54.7 Å². The summed E-state index contributed by atoms with van der Waals surface area (Å²) in [4.78, 5) is 27.2. The van der Waals surface area contributed by atoms with Crippen LogP contribution in [-0.4, -0.2) is 29.5 Å². The van der Waals surface area contributed by atoms with Crippen LogP contribution in [0, 0.1) is 5.92 Å². The lowest BCUT2D eigenvalue weighted by molar-refractivity contribution is -0.308. The number of benzene rings is 2. The molecule has 0 spiro atoms. The van der Waals surface area contributed by atoms with E-state index in [0.717, 1.165) is 16.5 Å². The SMILES string of the molecule is CC(C)COc1ccc(C(=O)N[C@@H](Cc2c[nH]c3ccccc23)C(=O)[O-])cc1. The Hall–Kier alpha value is -3.28. The molecule has 1 heterocycles. The van der Waals surface area contributed by atoms with Gasteiger partial charge in [0.2, 0.25) is 0 Å². The quantitative estimate of drug-likeness (QED) is 0.628. The monoisotopic (exact) mass is 379 g/mol. The number of hydrogen-bond acceptors (Lipinski definition) is 4. The average Bonchev–Trinajstić information content (AvgIpc) is 3.09. The van der Waals surface area contributed by atoms with Crippen LogP contribution in [0.1, 0.15) is 29.8 Å². The van der Waals surface area contributed by atoms with Gasteiger partial charge in [-0.1, -0.05) is 32.0 Å². The molecule has 2 N–H and O–H groups in total. The highest BCUT2D eigenvalue weighted by molar-refractivity contribution is 5.96. The van der Waals surface area contributed by atoms with E-state index in [-0.39, 0.29) is 6.42 Å². The lowest BCUT2D eigenvalue weighted by atomic mass is 10.0. The lowest BCUT2D eigenvalue weighted by Crippen LogP contribution is -2.49. The molecule has 1 amide bonds. The molecule has 6 heteroatoms. The highest BCUT2D eigenvalue weighted by atomic mass is 16.5. The number of ether oxygens (including phenoxy) is 1. The molecule has 0 radical (unpaired) electrons. The van der Waals surface area contributed by atoms with E-state index in [4.69, 9.17) is 4.74 Å². The summed E-state index contributed by atoms with van der Waals surface area (Å²) in [7, 11) is 0. The van der Waals surface area contributed by atoms with Gasteiger partial charge < -0.3 is 24.9 Å². The average molecular weight is 379 g/mol. The van der Waals surface area contributed by atoms with Crippen molar-refractivity contribution in [3.63, 3.8) is 0 Å². The second kappa shape index (κ2) is 8.61. The number of aromatic amines is 1. The van der Waals surface area contributed by atoms with Crippen LogP contribution in [0.2, 0.25) is 0 Å². The van der Waals surface area contributed by atoms with Crippen molar-refractivity contribution in [2.75, 3.05) is 6.61 Å². The summed E-state index contributed by atoms with van der Waals surface area (Å²) in [6.45, 7) is 4.69. The Kier molecular flexibility index (Phi) is 5.99. The Morgan fingerprint density at radius 1 is 1.11 bits per heavy atom. The van der Waals surface area contributed by atoms with E-state index >= 15 is 0 Å². The second-order valence-corrected chi connectivity index (χ2v) is 7.14. The maximum absolute atomic E-state index is 12.5. The first-order valence-electron chi connectivity index (χ1n) is 9.23. The van der Waals surface area contributed by atoms with Crippen LogP contribution in [-0.2, 0) is 11.2 Å². The molecule has 0 bridgehead atoms. The number of rotatable bonds is 8. The number of amides is 1. The van der Waals surface area contributed by atoms with E-state index < -0.39 is 17.9 Å². The summed E-state index contributed by atoms with van der Waals surface area (Å²) in [5, 5.41) is 15.1. The predicted molar refractivity (Wildman–Crippen MR) is 105 cm³/mol. The van der Waals surface area contributed by atoms with Crippen molar-refractivity contribution >= 4 is 22.8 Å². The number of aliphatic carboxylic acids is 1. The largest absolute Gasteiger partial charge is 0.548 e. The number of H-pyrrole nitrogens is 1. The van der Waals surface area contributed by atoms with Crippen LogP contribution in [0.3, 0.4) is 0 Å². The smallest absolute Gasteiger partial charge is 0.251 e. The molecule has 28 heavy (non-hydrogen) atoms. The third-order valence-electron chi connectivity index (χ3n) is 4.39. The Labute approximate surface area is 163 Å². The summed E-state index contributed by atoms with van der Waals surface area (Å²) in [6.07, 6.45) is 1.89. The summed E-state index contributed by atoms with van der Waals surface area (Å²) < 4.78 is 5.59. The standard InChI is InChI=1S/C22H24N2O4/c1-14(2)13-28-17-9-7-15(8-10-17)21(25)24-20(22(26)27)11-16-12-23-19-6-4-3-5-18(16)19/h3-10,12,14,20,23H,11,13H2,1-2H3,(H,24,25)(H,26,27)/p-1/t20-/m0/s1. The molecule has 3 rings (SSSR count). The Morgan fingerprint density at radius 3 is 2.50 bits per heavy atom. The second-order valence-electron chi connectivity index (χ2n) is 7.14. The number of carboxylic acid groups (broad SMARTS) is 1. The number of carboxylic acids is 1. The van der Waals surface area contributed by atoms with Crippen LogP contribution in [0.4, 0.5) is 0 Å². The van der Waals surface area contributed by atoms with E-state index in [9.17, 15) is 14.7 Å². The Bertz CT molecular complexity index is 960. The molecule has 0 saturated heterocycles. The van der Waals surface area contributed by atoms with Crippen molar-refractivity contribution in [3.05, 3.63) is 65.9 Å². The summed E-state index contributed by atoms with van der Waals surface area (Å²) in [5.41, 5.74) is 2.09. The van der Waals surface area contributed by atoms with Crippen molar-refractivity contribution in [2.24, 2.45) is 5.92 Å². The number of para-hydroxylation sites is 1. The Balaban J connectivity index is 1.68. The van der Waals surface area contributed by atoms with Crippen LogP contribution < -0.4 is 15.2 Å². The van der Waals surface area contributed by atoms with E-state index in [1.54, 1.807) is 30.5 Å². The van der Waals surface area contributed by atoms with Gasteiger partial charge in [0.05, 0.1) is 18.6 Å². The topological polar surface area (TPSA) is 94.2 Å². The molecular weight excluding hydrogens is 356 g/mol. The fourth-order valence-electron chi connectivity index (χ4n) is 2.92. The normalized spacial score (nSPS) is 12.1. The molecule has 1 atom stereocenters. The zero-order valence-electron chi connectivity index (χ0n) is 15.9. The number of fused-ring (bicyclic) bond motifs is 1. The number of nitrogens with one attached hydrogen (secondary N) is 2. The molecule has 0 aliphatic carbocycles. The van der Waals surface area contributed by atoms with Gasteiger partial charge >= 0.3 is 0 Å². The van der Waals surface area contributed by atoms with Gasteiger partial charge in [-0.3, -0.25) is 4.79 Å². The molecule has 146 valence electrons.